The van der Waals surface area contributed by atoms with Gasteiger partial charge in [0.2, 0.25) is 0 Å². The van der Waals surface area contributed by atoms with Gasteiger partial charge in [-0.3, -0.25) is 0 Å². The molecule has 0 aromatic carbocycles. The van der Waals surface area contributed by atoms with E-state index in [4.69, 9.17) is 5.73 Å². The van der Waals surface area contributed by atoms with Crippen LogP contribution in [0.25, 0.3) is 0 Å². The van der Waals surface area contributed by atoms with Gasteiger partial charge in [-0.2, -0.15) is 0 Å². The summed E-state index contributed by atoms with van der Waals surface area (Å²) >= 11 is 0. The van der Waals surface area contributed by atoms with Crippen LogP contribution in [0, 0.1) is 0 Å². The summed E-state index contributed by atoms with van der Waals surface area (Å²) in [4.78, 5) is 4.08. The summed E-state index contributed by atoms with van der Waals surface area (Å²) in [5, 5.41) is 3.11. The van der Waals surface area contributed by atoms with Gasteiger partial charge in [-0.25, -0.2) is 4.99 Å². The van der Waals surface area contributed by atoms with Gasteiger partial charge < -0.3 is 11.1 Å². The van der Waals surface area contributed by atoms with E-state index in [1.807, 2.05) is 7.05 Å². The first-order chi connectivity index (χ1) is 6.26. The maximum atomic E-state index is 5.76. The number of likely N-dealkylation sites (N-methyl/N-ethyl adjacent to an activating group) is 1. The fraction of sp³-hybridized carbons (Fsp3) is 0.500. The Morgan fingerprint density at radius 3 is 2.85 bits per heavy atom. The molecule has 0 amide bonds. The Balaban J connectivity index is 4.16. The maximum absolute atomic E-state index is 5.76. The predicted molar refractivity (Wildman–Crippen MR) is 58.7 cm³/mol. The van der Waals surface area contributed by atoms with Crippen LogP contribution in [-0.4, -0.2) is 18.9 Å². The molecule has 3 heteroatoms. The van der Waals surface area contributed by atoms with E-state index in [0.29, 0.717) is 5.84 Å². The van der Waals surface area contributed by atoms with Crippen molar-refractivity contribution in [3.05, 3.63) is 24.9 Å². The van der Waals surface area contributed by atoms with Gasteiger partial charge in [0, 0.05) is 6.20 Å². The van der Waals surface area contributed by atoms with Crippen molar-refractivity contribution < 1.29 is 0 Å². The lowest BCUT2D eigenvalue weighted by atomic mass is 10.1. The minimum Gasteiger partial charge on any atom is -0.386 e. The average molecular weight is 181 g/mol. The minimum atomic E-state index is 0.180. The van der Waals surface area contributed by atoms with Crippen molar-refractivity contribution in [3.8, 4) is 0 Å². The Morgan fingerprint density at radius 1 is 1.69 bits per heavy atom. The number of hydrogen-bond donors (Lipinski definition) is 2. The molecule has 0 saturated carbocycles. The van der Waals surface area contributed by atoms with Crippen molar-refractivity contribution in [3.63, 3.8) is 0 Å². The molecule has 0 aromatic rings. The van der Waals surface area contributed by atoms with E-state index < -0.39 is 0 Å². The first-order valence-corrected chi connectivity index (χ1v) is 4.54. The van der Waals surface area contributed by atoms with Crippen molar-refractivity contribution >= 4 is 5.84 Å². The lowest BCUT2D eigenvalue weighted by Gasteiger charge is -2.13. The molecule has 0 aliphatic heterocycles. The highest BCUT2D eigenvalue weighted by Crippen LogP contribution is 1.96. The van der Waals surface area contributed by atoms with Crippen LogP contribution >= 0.6 is 0 Å². The van der Waals surface area contributed by atoms with Gasteiger partial charge in [-0.1, -0.05) is 26.0 Å². The van der Waals surface area contributed by atoms with E-state index in [-0.39, 0.29) is 6.04 Å². The summed E-state index contributed by atoms with van der Waals surface area (Å²) in [6.07, 6.45) is 7.18. The molecule has 0 fully saturated rings. The smallest absolute Gasteiger partial charge is 0.116 e. The van der Waals surface area contributed by atoms with E-state index in [1.165, 1.54) is 0 Å². The van der Waals surface area contributed by atoms with Crippen molar-refractivity contribution in [2.24, 2.45) is 10.7 Å². The quantitative estimate of drug-likeness (QED) is 0.370. The van der Waals surface area contributed by atoms with Gasteiger partial charge in [0.05, 0.1) is 6.04 Å². The highest BCUT2D eigenvalue weighted by atomic mass is 15.0. The average Bonchev–Trinajstić information content (AvgIpc) is 2.14. The van der Waals surface area contributed by atoms with Crippen LogP contribution in [0.5, 0.6) is 0 Å². The molecule has 0 spiro atoms. The zero-order valence-electron chi connectivity index (χ0n) is 8.46. The van der Waals surface area contributed by atoms with Gasteiger partial charge in [0.25, 0.3) is 0 Å². The summed E-state index contributed by atoms with van der Waals surface area (Å²) in [7, 11) is 1.89. The van der Waals surface area contributed by atoms with Gasteiger partial charge in [-0.15, -0.1) is 0 Å². The number of aliphatic imine (C=N–C) groups is 1. The molecule has 0 aliphatic carbocycles. The molecule has 0 aliphatic rings. The number of hydrogen-bond acceptors (Lipinski definition) is 2. The van der Waals surface area contributed by atoms with Crippen molar-refractivity contribution in [2.45, 2.75) is 25.8 Å². The third kappa shape index (κ3) is 5.20. The van der Waals surface area contributed by atoms with Gasteiger partial charge >= 0.3 is 0 Å². The minimum absolute atomic E-state index is 0.180. The fourth-order valence-corrected chi connectivity index (χ4v) is 1.01. The summed E-state index contributed by atoms with van der Waals surface area (Å²) < 4.78 is 0. The predicted octanol–water partition coefficient (Wildman–Crippen LogP) is 1.43. The lowest BCUT2D eigenvalue weighted by Crippen LogP contribution is -2.39. The molecule has 13 heavy (non-hydrogen) atoms. The van der Waals surface area contributed by atoms with Crippen LogP contribution < -0.4 is 11.1 Å². The molecule has 3 N–H and O–H groups in total. The van der Waals surface area contributed by atoms with Gasteiger partial charge in [0.15, 0.2) is 0 Å². The maximum Gasteiger partial charge on any atom is 0.116 e. The summed E-state index contributed by atoms with van der Waals surface area (Å²) in [6.45, 7) is 5.67. The summed E-state index contributed by atoms with van der Waals surface area (Å²) in [6, 6.07) is 0.180. The van der Waals surface area contributed by atoms with Gasteiger partial charge in [0.1, 0.15) is 5.84 Å². The number of amidine groups is 1. The third-order valence-electron chi connectivity index (χ3n) is 1.73. The van der Waals surface area contributed by atoms with Crippen LogP contribution in [0.1, 0.15) is 19.8 Å². The largest absolute Gasteiger partial charge is 0.386 e. The molecule has 0 bridgehead atoms. The normalized spacial score (nSPS) is 14.8. The molecule has 0 saturated heterocycles. The van der Waals surface area contributed by atoms with Gasteiger partial charge in [-0.05, 0) is 19.5 Å². The molecule has 3 nitrogen and oxygen atoms in total. The van der Waals surface area contributed by atoms with Crippen LogP contribution in [0.2, 0.25) is 0 Å². The summed E-state index contributed by atoms with van der Waals surface area (Å²) in [5.74, 6) is 0.627. The highest BCUT2D eigenvalue weighted by Gasteiger charge is 2.07. The Labute approximate surface area is 80.4 Å². The zero-order chi connectivity index (χ0) is 10.1. The molecule has 0 radical (unpaired) electrons. The molecule has 0 heterocycles. The molecule has 0 aromatic heterocycles. The Morgan fingerprint density at radius 2 is 2.38 bits per heavy atom. The number of allylic oxidation sites excluding steroid dienone is 2. The fourth-order valence-electron chi connectivity index (χ4n) is 1.01. The van der Waals surface area contributed by atoms with Crippen LogP contribution in [0.15, 0.2) is 29.9 Å². The SMILES string of the molecule is C=C/C=C\N=C(N)C(CCC)NC. The molecule has 74 valence electrons. The second kappa shape index (κ2) is 7.55. The number of nitrogens with zero attached hydrogens (tertiary/aromatic N) is 1. The van der Waals surface area contributed by atoms with E-state index in [9.17, 15) is 0 Å². The molecular weight excluding hydrogens is 162 g/mol. The second-order valence-electron chi connectivity index (χ2n) is 2.76. The Kier molecular flexibility index (Phi) is 6.92. The highest BCUT2D eigenvalue weighted by molar-refractivity contribution is 5.86. The molecule has 1 atom stereocenters. The number of nitrogens with one attached hydrogen (secondary N) is 1. The lowest BCUT2D eigenvalue weighted by molar-refractivity contribution is 0.627. The van der Waals surface area contributed by atoms with Crippen LogP contribution in [0.4, 0.5) is 0 Å². The van der Waals surface area contributed by atoms with E-state index in [2.05, 4.69) is 23.8 Å². The standard InChI is InChI=1S/C10H19N3/c1-4-6-8-13-10(11)9(12-3)7-5-2/h4,6,8-9,12H,1,5,7H2,2-3H3,(H2,11,13)/b8-6-. The Hall–Kier alpha value is -1.09. The Bertz CT molecular complexity index is 194. The van der Waals surface area contributed by atoms with Crippen LogP contribution in [-0.2, 0) is 0 Å². The van der Waals surface area contributed by atoms with E-state index in [1.54, 1.807) is 18.4 Å². The van der Waals surface area contributed by atoms with E-state index in [0.717, 1.165) is 12.8 Å². The third-order valence-corrected chi connectivity index (χ3v) is 1.73. The second-order valence-corrected chi connectivity index (χ2v) is 2.76. The first-order valence-electron chi connectivity index (χ1n) is 4.54. The topological polar surface area (TPSA) is 50.4 Å². The zero-order valence-corrected chi connectivity index (χ0v) is 8.46. The molecular formula is C10H19N3. The van der Waals surface area contributed by atoms with Crippen molar-refractivity contribution in [2.75, 3.05) is 7.05 Å². The first kappa shape index (κ1) is 11.9. The van der Waals surface area contributed by atoms with E-state index >= 15 is 0 Å². The van der Waals surface area contributed by atoms with Crippen molar-refractivity contribution in [1.82, 2.24) is 5.32 Å². The summed E-state index contributed by atoms with van der Waals surface area (Å²) in [5.41, 5.74) is 5.76. The van der Waals surface area contributed by atoms with Crippen molar-refractivity contribution in [1.29, 1.82) is 0 Å². The molecule has 1 unspecified atom stereocenters. The molecule has 0 rings (SSSR count). The monoisotopic (exact) mass is 181 g/mol. The number of rotatable bonds is 6. The van der Waals surface area contributed by atoms with Crippen LogP contribution in [0.3, 0.4) is 0 Å². The number of nitrogens with two attached hydrogens (primary N) is 1.